The molecule has 4 rings (SSSR count). The number of nitrogens with one attached hydrogen (secondary N) is 1. The summed E-state index contributed by atoms with van der Waals surface area (Å²) in [6, 6.07) is 21.2. The lowest BCUT2D eigenvalue weighted by atomic mass is 10.1. The monoisotopic (exact) mass is 541 g/mol. The van der Waals surface area contributed by atoms with Crippen LogP contribution in [0.3, 0.4) is 0 Å². The minimum Gasteiger partial charge on any atom is -0.321 e. The van der Waals surface area contributed by atoms with Crippen molar-refractivity contribution in [3.05, 3.63) is 104 Å². The maximum atomic E-state index is 13.5. The lowest BCUT2D eigenvalue weighted by Gasteiger charge is -2.18. The van der Waals surface area contributed by atoms with Crippen molar-refractivity contribution in [3.8, 4) is 6.07 Å². The highest BCUT2D eigenvalue weighted by Gasteiger charge is 2.40. The van der Waals surface area contributed by atoms with Crippen LogP contribution >= 0.6 is 46.6 Å². The molecule has 3 aromatic rings. The highest BCUT2D eigenvalue weighted by Crippen LogP contribution is 2.42. The van der Waals surface area contributed by atoms with Gasteiger partial charge in [-0.25, -0.2) is 0 Å². The predicted octanol–water partition coefficient (Wildman–Crippen LogP) is 7.02. The molecule has 0 aliphatic carbocycles. The Morgan fingerprint density at radius 3 is 2.43 bits per heavy atom. The quantitative estimate of drug-likeness (QED) is 0.278. The van der Waals surface area contributed by atoms with Crippen LogP contribution in [0.15, 0.2) is 77.3 Å². The van der Waals surface area contributed by atoms with Gasteiger partial charge in [0.15, 0.2) is 0 Å². The zero-order valence-electron chi connectivity index (χ0n) is 18.4. The molecule has 0 saturated carbocycles. The number of carbonyl (C=O) groups excluding carboxylic acids is 2. The molecule has 0 aromatic heterocycles. The maximum absolute atomic E-state index is 13.5. The van der Waals surface area contributed by atoms with Gasteiger partial charge in [-0.15, -0.1) is 0 Å². The van der Waals surface area contributed by atoms with Crippen LogP contribution < -0.4 is 10.2 Å². The number of para-hydroxylation sites is 1. The van der Waals surface area contributed by atoms with Gasteiger partial charge in [0.1, 0.15) is 16.7 Å². The summed E-state index contributed by atoms with van der Waals surface area (Å²) in [4.78, 5) is 28.1. The molecular formula is C26H18Cl3N3O2S. The summed E-state index contributed by atoms with van der Waals surface area (Å²) in [6.45, 7) is 1.91. The topological polar surface area (TPSA) is 73.2 Å². The fraction of sp³-hybridized carbons (Fsp3) is 0.115. The fourth-order valence-corrected chi connectivity index (χ4v) is 5.35. The van der Waals surface area contributed by atoms with Crippen molar-refractivity contribution in [1.82, 2.24) is 0 Å². The third-order valence-electron chi connectivity index (χ3n) is 5.35. The number of halogens is 3. The molecule has 1 atom stereocenters. The summed E-state index contributed by atoms with van der Waals surface area (Å²) < 4.78 is 0. The van der Waals surface area contributed by atoms with Gasteiger partial charge >= 0.3 is 0 Å². The molecule has 1 aliphatic rings. The smallest absolute Gasteiger partial charge is 0.269 e. The number of nitrogens with zero attached hydrogens (tertiary/aromatic N) is 2. The van der Waals surface area contributed by atoms with Crippen LogP contribution in [0.25, 0.3) is 0 Å². The van der Waals surface area contributed by atoms with E-state index >= 15 is 0 Å². The van der Waals surface area contributed by atoms with Gasteiger partial charge in [-0.1, -0.05) is 76.9 Å². The lowest BCUT2D eigenvalue weighted by Crippen LogP contribution is -2.30. The molecule has 0 radical (unpaired) electrons. The Bertz CT molecular complexity index is 1390. The number of rotatable bonds is 5. The first kappa shape index (κ1) is 25.2. The zero-order valence-corrected chi connectivity index (χ0v) is 21.5. The van der Waals surface area contributed by atoms with Gasteiger partial charge in [-0.2, -0.15) is 5.26 Å². The average Bonchev–Trinajstić information content (AvgIpc) is 3.15. The number of benzene rings is 3. The normalized spacial score (nSPS) is 16.7. The SMILES string of the molecule is Cc1ccc(C[C@H]2S/C(=C(/C#N)C(=O)Nc3ccc(Cl)c(Cl)c3)N(c3ccccc3)C2=O)cc1Cl. The van der Waals surface area contributed by atoms with Crippen LogP contribution in [-0.4, -0.2) is 17.1 Å². The summed E-state index contributed by atoms with van der Waals surface area (Å²) in [7, 11) is 0. The molecule has 1 saturated heterocycles. The number of amides is 2. The summed E-state index contributed by atoms with van der Waals surface area (Å²) in [5.74, 6) is -0.871. The third-order valence-corrected chi connectivity index (χ3v) is 7.76. The number of hydrogen-bond donors (Lipinski definition) is 1. The third kappa shape index (κ3) is 5.50. The van der Waals surface area contributed by atoms with Crippen molar-refractivity contribution in [3.63, 3.8) is 0 Å². The van der Waals surface area contributed by atoms with Gasteiger partial charge in [0.05, 0.1) is 15.3 Å². The van der Waals surface area contributed by atoms with E-state index in [0.717, 1.165) is 11.1 Å². The zero-order chi connectivity index (χ0) is 25.1. The Morgan fingerprint density at radius 2 is 1.77 bits per heavy atom. The molecular weight excluding hydrogens is 525 g/mol. The van der Waals surface area contributed by atoms with Gasteiger partial charge in [-0.3, -0.25) is 14.5 Å². The van der Waals surface area contributed by atoms with E-state index in [9.17, 15) is 14.9 Å². The predicted molar refractivity (Wildman–Crippen MR) is 143 cm³/mol. The minimum absolute atomic E-state index is 0.178. The van der Waals surface area contributed by atoms with Crippen molar-refractivity contribution in [2.45, 2.75) is 18.6 Å². The van der Waals surface area contributed by atoms with E-state index in [1.54, 1.807) is 36.4 Å². The van der Waals surface area contributed by atoms with Crippen molar-refractivity contribution in [1.29, 1.82) is 5.26 Å². The molecule has 2 amide bonds. The Kier molecular flexibility index (Phi) is 7.73. The number of nitriles is 1. The summed E-state index contributed by atoms with van der Waals surface area (Å²) in [6.07, 6.45) is 0.392. The van der Waals surface area contributed by atoms with Gasteiger partial charge in [0, 0.05) is 16.4 Å². The van der Waals surface area contributed by atoms with E-state index in [2.05, 4.69) is 5.32 Å². The summed E-state index contributed by atoms with van der Waals surface area (Å²) in [5, 5.41) is 13.6. The molecule has 176 valence electrons. The second kappa shape index (κ2) is 10.8. The number of thioether (sulfide) groups is 1. The van der Waals surface area contributed by atoms with Crippen molar-refractivity contribution < 1.29 is 9.59 Å². The molecule has 5 nitrogen and oxygen atoms in total. The standard InChI is InChI=1S/C26H18Cl3N3O2S/c1-15-7-8-16(11-21(15)28)12-23-25(34)32(18-5-3-2-4-6-18)26(35-23)19(14-30)24(33)31-17-9-10-20(27)22(29)13-17/h2-11,13,23H,12H2,1H3,(H,31,33)/b26-19-/t23-/m1/s1. The Morgan fingerprint density at radius 1 is 1.03 bits per heavy atom. The Balaban J connectivity index is 1.71. The van der Waals surface area contributed by atoms with Crippen molar-refractivity contribution in [2.75, 3.05) is 10.2 Å². The van der Waals surface area contributed by atoms with Crippen LogP contribution in [0, 0.1) is 18.3 Å². The number of carbonyl (C=O) groups is 2. The van der Waals surface area contributed by atoms with Gasteiger partial charge in [-0.05, 0) is 60.9 Å². The molecule has 0 unspecified atom stereocenters. The molecule has 35 heavy (non-hydrogen) atoms. The fourth-order valence-electron chi connectivity index (χ4n) is 3.54. The van der Waals surface area contributed by atoms with Crippen LogP contribution in [0.2, 0.25) is 15.1 Å². The molecule has 1 aliphatic heterocycles. The Hall–Kier alpha value is -2.95. The average molecular weight is 543 g/mol. The van der Waals surface area contributed by atoms with E-state index in [1.165, 1.54) is 22.7 Å². The van der Waals surface area contributed by atoms with Gasteiger partial charge in [0.25, 0.3) is 5.91 Å². The first-order chi connectivity index (χ1) is 16.8. The second-order valence-corrected chi connectivity index (χ2v) is 10.2. The van der Waals surface area contributed by atoms with E-state index in [0.29, 0.717) is 27.8 Å². The molecule has 0 bridgehead atoms. The number of anilines is 2. The molecule has 9 heteroatoms. The van der Waals surface area contributed by atoms with Gasteiger partial charge < -0.3 is 5.32 Å². The number of hydrogen-bond acceptors (Lipinski definition) is 4. The van der Waals surface area contributed by atoms with Crippen molar-refractivity contribution in [2.24, 2.45) is 0 Å². The number of aryl methyl sites for hydroxylation is 1. The minimum atomic E-state index is -0.652. The first-order valence-corrected chi connectivity index (χ1v) is 12.5. The van der Waals surface area contributed by atoms with Crippen LogP contribution in [-0.2, 0) is 16.0 Å². The molecule has 1 heterocycles. The molecule has 0 spiro atoms. The second-order valence-electron chi connectivity index (χ2n) is 7.78. The molecule has 1 fully saturated rings. The van der Waals surface area contributed by atoms with Crippen LogP contribution in [0.5, 0.6) is 0 Å². The maximum Gasteiger partial charge on any atom is 0.269 e. The van der Waals surface area contributed by atoms with Crippen LogP contribution in [0.4, 0.5) is 11.4 Å². The Labute approximate surface area is 222 Å². The first-order valence-electron chi connectivity index (χ1n) is 10.5. The highest BCUT2D eigenvalue weighted by molar-refractivity contribution is 8.05. The van der Waals surface area contributed by atoms with E-state index in [-0.39, 0.29) is 21.5 Å². The summed E-state index contributed by atoms with van der Waals surface area (Å²) >= 11 is 19.5. The summed E-state index contributed by atoms with van der Waals surface area (Å²) in [5.41, 5.74) is 2.60. The van der Waals surface area contributed by atoms with E-state index in [4.69, 9.17) is 34.8 Å². The van der Waals surface area contributed by atoms with Crippen molar-refractivity contribution >= 4 is 69.8 Å². The van der Waals surface area contributed by atoms with Crippen LogP contribution in [0.1, 0.15) is 11.1 Å². The highest BCUT2D eigenvalue weighted by atomic mass is 35.5. The molecule has 1 N–H and O–H groups in total. The van der Waals surface area contributed by atoms with E-state index < -0.39 is 11.2 Å². The largest absolute Gasteiger partial charge is 0.321 e. The van der Waals surface area contributed by atoms with E-state index in [1.807, 2.05) is 37.3 Å². The molecule has 3 aromatic carbocycles. The lowest BCUT2D eigenvalue weighted by molar-refractivity contribution is -0.117. The van der Waals surface area contributed by atoms with Gasteiger partial charge in [0.2, 0.25) is 5.91 Å².